The van der Waals surface area contributed by atoms with Crippen LogP contribution >= 0.6 is 0 Å². The smallest absolute Gasteiger partial charge is 0.269 e. The molecule has 1 atom stereocenters. The maximum Gasteiger partial charge on any atom is 0.269 e. The van der Waals surface area contributed by atoms with Crippen LogP contribution in [0.1, 0.15) is 29.8 Å². The fourth-order valence-electron chi connectivity index (χ4n) is 2.86. The van der Waals surface area contributed by atoms with Crippen LogP contribution in [0.4, 0.5) is 0 Å². The second-order valence-electron chi connectivity index (χ2n) is 5.46. The summed E-state index contributed by atoms with van der Waals surface area (Å²) in [7, 11) is 2.15. The number of likely N-dealkylation sites (tertiary alicyclic amines) is 1. The van der Waals surface area contributed by atoms with E-state index in [1.807, 2.05) is 18.3 Å². The molecular weight excluding hydrogens is 252 g/mol. The number of pyridine rings is 1. The molecule has 0 saturated carbocycles. The van der Waals surface area contributed by atoms with Gasteiger partial charge in [-0.15, -0.1) is 0 Å². The minimum absolute atomic E-state index is 0.0891. The average Bonchev–Trinajstić information content (AvgIpc) is 3.07. The molecule has 1 aliphatic heterocycles. The first-order valence-electron chi connectivity index (χ1n) is 7.15. The number of nitrogens with one attached hydrogen (secondary N) is 2. The normalized spacial score (nSPS) is 19.6. The van der Waals surface area contributed by atoms with Crippen LogP contribution in [0.2, 0.25) is 0 Å². The summed E-state index contributed by atoms with van der Waals surface area (Å²) in [5.74, 6) is -0.0891. The number of rotatable bonds is 4. The first-order valence-corrected chi connectivity index (χ1v) is 7.15. The SMILES string of the molecule is CN1CCCC1CCNC(=O)c1cc2cc[nH]c2cn1. The molecule has 5 nitrogen and oxygen atoms in total. The number of nitrogens with zero attached hydrogens (tertiary/aromatic N) is 2. The molecule has 1 unspecified atom stereocenters. The van der Waals surface area contributed by atoms with E-state index in [9.17, 15) is 4.79 Å². The Bertz CT molecular complexity index is 607. The highest BCUT2D eigenvalue weighted by Gasteiger charge is 2.20. The Morgan fingerprint density at radius 1 is 1.60 bits per heavy atom. The fourth-order valence-corrected chi connectivity index (χ4v) is 2.86. The second-order valence-corrected chi connectivity index (χ2v) is 5.46. The maximum atomic E-state index is 12.1. The van der Waals surface area contributed by atoms with E-state index in [2.05, 4.69) is 27.2 Å². The van der Waals surface area contributed by atoms with E-state index in [4.69, 9.17) is 0 Å². The first-order chi connectivity index (χ1) is 9.74. The molecule has 0 bridgehead atoms. The van der Waals surface area contributed by atoms with E-state index in [1.165, 1.54) is 19.4 Å². The molecule has 1 aliphatic rings. The van der Waals surface area contributed by atoms with Crippen molar-refractivity contribution >= 4 is 16.8 Å². The van der Waals surface area contributed by atoms with E-state index < -0.39 is 0 Å². The Morgan fingerprint density at radius 2 is 2.50 bits per heavy atom. The predicted octanol–water partition coefficient (Wildman–Crippen LogP) is 1.78. The first kappa shape index (κ1) is 13.1. The summed E-state index contributed by atoms with van der Waals surface area (Å²) in [5, 5.41) is 3.98. The van der Waals surface area contributed by atoms with Crippen LogP contribution in [0.15, 0.2) is 24.5 Å². The van der Waals surface area contributed by atoms with E-state index in [0.29, 0.717) is 18.3 Å². The number of hydrogen-bond donors (Lipinski definition) is 2. The molecule has 2 aromatic heterocycles. The van der Waals surface area contributed by atoms with Crippen LogP contribution in [0, 0.1) is 0 Å². The van der Waals surface area contributed by atoms with Gasteiger partial charge in [0.2, 0.25) is 0 Å². The van der Waals surface area contributed by atoms with Gasteiger partial charge >= 0.3 is 0 Å². The van der Waals surface area contributed by atoms with Gasteiger partial charge in [0.05, 0.1) is 11.7 Å². The topological polar surface area (TPSA) is 61.0 Å². The highest BCUT2D eigenvalue weighted by molar-refractivity contribution is 5.95. The van der Waals surface area contributed by atoms with E-state index in [1.54, 1.807) is 6.20 Å². The van der Waals surface area contributed by atoms with Crippen LogP contribution in [0.3, 0.4) is 0 Å². The molecule has 0 radical (unpaired) electrons. The van der Waals surface area contributed by atoms with Gasteiger partial charge < -0.3 is 15.2 Å². The van der Waals surface area contributed by atoms with Gasteiger partial charge in [0.1, 0.15) is 5.69 Å². The van der Waals surface area contributed by atoms with E-state index in [0.717, 1.165) is 17.3 Å². The third-order valence-corrected chi connectivity index (χ3v) is 4.10. The molecule has 1 amide bonds. The van der Waals surface area contributed by atoms with Crippen molar-refractivity contribution in [3.8, 4) is 0 Å². The Kier molecular flexibility index (Phi) is 3.69. The number of carbonyl (C=O) groups excluding carboxylic acids is 1. The Hall–Kier alpha value is -1.88. The number of fused-ring (bicyclic) bond motifs is 1. The molecule has 0 aliphatic carbocycles. The van der Waals surface area contributed by atoms with Gasteiger partial charge in [-0.05, 0) is 45.0 Å². The van der Waals surface area contributed by atoms with E-state index in [-0.39, 0.29) is 5.91 Å². The minimum atomic E-state index is -0.0891. The van der Waals surface area contributed by atoms with Crippen LogP contribution in [0.5, 0.6) is 0 Å². The number of H-pyrrole nitrogens is 1. The lowest BCUT2D eigenvalue weighted by molar-refractivity contribution is 0.0945. The number of aromatic amines is 1. The third-order valence-electron chi connectivity index (χ3n) is 4.10. The molecule has 1 saturated heterocycles. The zero-order valence-electron chi connectivity index (χ0n) is 11.7. The lowest BCUT2D eigenvalue weighted by Crippen LogP contribution is -2.32. The summed E-state index contributed by atoms with van der Waals surface area (Å²) < 4.78 is 0. The van der Waals surface area contributed by atoms with E-state index >= 15 is 0 Å². The van der Waals surface area contributed by atoms with Gasteiger partial charge in [-0.1, -0.05) is 0 Å². The largest absolute Gasteiger partial charge is 0.360 e. The Balaban J connectivity index is 1.55. The molecule has 20 heavy (non-hydrogen) atoms. The van der Waals surface area contributed by atoms with Crippen LogP contribution in [-0.4, -0.2) is 47.0 Å². The summed E-state index contributed by atoms with van der Waals surface area (Å²) in [6, 6.07) is 4.37. The molecule has 3 heterocycles. The van der Waals surface area contributed by atoms with Gasteiger partial charge in [0.25, 0.3) is 5.91 Å². The maximum absolute atomic E-state index is 12.1. The average molecular weight is 272 g/mol. The van der Waals surface area contributed by atoms with Gasteiger partial charge in [-0.3, -0.25) is 4.79 Å². The van der Waals surface area contributed by atoms with Crippen LogP contribution in [0.25, 0.3) is 10.9 Å². The van der Waals surface area contributed by atoms with Gasteiger partial charge in [-0.25, -0.2) is 4.98 Å². The summed E-state index contributed by atoms with van der Waals surface area (Å²) in [6.07, 6.45) is 7.06. The molecule has 106 valence electrons. The van der Waals surface area contributed by atoms with Crippen LogP contribution < -0.4 is 5.32 Å². The fraction of sp³-hybridized carbons (Fsp3) is 0.467. The quantitative estimate of drug-likeness (QED) is 0.892. The summed E-state index contributed by atoms with van der Waals surface area (Å²) >= 11 is 0. The van der Waals surface area contributed by atoms with Crippen LogP contribution in [-0.2, 0) is 0 Å². The summed E-state index contributed by atoms with van der Waals surface area (Å²) in [6.45, 7) is 1.88. The van der Waals surface area contributed by atoms with Crippen molar-refractivity contribution in [3.63, 3.8) is 0 Å². The number of carbonyl (C=O) groups is 1. The van der Waals surface area contributed by atoms with Crippen molar-refractivity contribution < 1.29 is 4.79 Å². The molecule has 3 rings (SSSR count). The molecule has 0 spiro atoms. The summed E-state index contributed by atoms with van der Waals surface area (Å²) in [4.78, 5) is 21.7. The highest BCUT2D eigenvalue weighted by atomic mass is 16.1. The molecule has 0 aromatic carbocycles. The van der Waals surface area contributed by atoms with Crippen molar-refractivity contribution in [2.75, 3.05) is 20.1 Å². The van der Waals surface area contributed by atoms with Gasteiger partial charge in [-0.2, -0.15) is 0 Å². The number of hydrogen-bond acceptors (Lipinski definition) is 3. The van der Waals surface area contributed by atoms with Crippen molar-refractivity contribution in [3.05, 3.63) is 30.2 Å². The monoisotopic (exact) mass is 272 g/mol. The van der Waals surface area contributed by atoms with Gasteiger partial charge in [0.15, 0.2) is 0 Å². The second kappa shape index (κ2) is 5.63. The molecule has 1 fully saturated rings. The predicted molar refractivity (Wildman–Crippen MR) is 78.7 cm³/mol. The molecule has 5 heteroatoms. The standard InChI is InChI=1S/C15H20N4O/c1-19-8-2-3-12(19)5-7-17-15(20)13-9-11-4-6-16-14(11)10-18-13/h4,6,9-10,12,16H,2-3,5,7-8H2,1H3,(H,17,20). The summed E-state index contributed by atoms with van der Waals surface area (Å²) in [5.41, 5.74) is 1.44. The highest BCUT2D eigenvalue weighted by Crippen LogP contribution is 2.17. The molecular formula is C15H20N4O. The molecule has 2 N–H and O–H groups in total. The molecule has 2 aromatic rings. The van der Waals surface area contributed by atoms with Crippen molar-refractivity contribution in [2.24, 2.45) is 0 Å². The number of aromatic nitrogens is 2. The van der Waals surface area contributed by atoms with Crippen molar-refractivity contribution in [2.45, 2.75) is 25.3 Å². The zero-order valence-corrected chi connectivity index (χ0v) is 11.7. The van der Waals surface area contributed by atoms with Gasteiger partial charge in [0, 0.05) is 24.2 Å². The Morgan fingerprint density at radius 3 is 3.30 bits per heavy atom. The van der Waals surface area contributed by atoms with Crippen molar-refractivity contribution in [1.29, 1.82) is 0 Å². The third kappa shape index (κ3) is 2.67. The zero-order chi connectivity index (χ0) is 13.9. The van der Waals surface area contributed by atoms with Crippen molar-refractivity contribution in [1.82, 2.24) is 20.2 Å². The number of amides is 1. The Labute approximate surface area is 118 Å². The lowest BCUT2D eigenvalue weighted by atomic mass is 10.1. The minimum Gasteiger partial charge on any atom is -0.360 e. The lowest BCUT2D eigenvalue weighted by Gasteiger charge is -2.19.